The molecule has 1 rings (SSSR count). The molecule has 0 aliphatic rings. The van der Waals surface area contributed by atoms with Crippen LogP contribution in [0, 0.1) is 28.5 Å². The largest absolute Gasteiger partial charge is 0.481 e. The molecule has 108 valence electrons. The topological polar surface area (TPSA) is 73.1 Å². The fourth-order valence-electron chi connectivity index (χ4n) is 1.95. The predicted molar refractivity (Wildman–Crippen MR) is 74.8 cm³/mol. The van der Waals surface area contributed by atoms with Crippen molar-refractivity contribution >= 4 is 11.7 Å². The second kappa shape index (κ2) is 6.38. The number of carbonyl (C=O) groups is 1. The van der Waals surface area contributed by atoms with Crippen molar-refractivity contribution in [3.05, 3.63) is 29.6 Å². The van der Waals surface area contributed by atoms with Crippen molar-refractivity contribution in [1.29, 1.82) is 5.26 Å². The Bertz CT molecular complexity index is 530. The lowest BCUT2D eigenvalue weighted by Crippen LogP contribution is -2.27. The number of carboxylic acid groups (broad SMARTS) is 1. The number of anilines is 1. The summed E-state index contributed by atoms with van der Waals surface area (Å²) in [5.41, 5.74) is 0.329. The van der Waals surface area contributed by atoms with Gasteiger partial charge in [-0.05, 0) is 30.0 Å². The van der Waals surface area contributed by atoms with Gasteiger partial charge >= 0.3 is 5.97 Å². The lowest BCUT2D eigenvalue weighted by molar-refractivity contribution is -0.142. The van der Waals surface area contributed by atoms with E-state index in [1.165, 1.54) is 12.1 Å². The summed E-state index contributed by atoms with van der Waals surface area (Å²) < 4.78 is 13.7. The van der Waals surface area contributed by atoms with Gasteiger partial charge in [0.15, 0.2) is 0 Å². The van der Waals surface area contributed by atoms with E-state index >= 15 is 0 Å². The van der Waals surface area contributed by atoms with Gasteiger partial charge in [0.25, 0.3) is 0 Å². The number of nitrogens with zero attached hydrogens (tertiary/aromatic N) is 1. The first-order chi connectivity index (χ1) is 9.23. The van der Waals surface area contributed by atoms with Crippen molar-refractivity contribution in [1.82, 2.24) is 0 Å². The zero-order valence-corrected chi connectivity index (χ0v) is 11.9. The number of hydrogen-bond donors (Lipinski definition) is 2. The molecule has 0 amide bonds. The molecule has 5 heteroatoms. The van der Waals surface area contributed by atoms with E-state index in [-0.39, 0.29) is 23.2 Å². The number of hydrogen-bond acceptors (Lipinski definition) is 3. The molecule has 0 fully saturated rings. The van der Waals surface area contributed by atoms with Gasteiger partial charge in [-0.2, -0.15) is 5.26 Å². The number of nitriles is 1. The van der Waals surface area contributed by atoms with E-state index in [2.05, 4.69) is 5.32 Å². The molecule has 4 nitrogen and oxygen atoms in total. The molecule has 0 saturated carbocycles. The van der Waals surface area contributed by atoms with Gasteiger partial charge in [-0.3, -0.25) is 4.79 Å². The summed E-state index contributed by atoms with van der Waals surface area (Å²) in [4.78, 5) is 11.2. The molecule has 20 heavy (non-hydrogen) atoms. The Labute approximate surface area is 118 Å². The monoisotopic (exact) mass is 278 g/mol. The molecule has 1 atom stereocenters. The highest BCUT2D eigenvalue weighted by Crippen LogP contribution is 2.25. The smallest absolute Gasteiger partial charge is 0.308 e. The highest BCUT2D eigenvalue weighted by Gasteiger charge is 2.24. The van der Waals surface area contributed by atoms with Crippen LogP contribution in [0.25, 0.3) is 0 Å². The van der Waals surface area contributed by atoms with Gasteiger partial charge in [0.05, 0.1) is 23.2 Å². The van der Waals surface area contributed by atoms with Crippen molar-refractivity contribution in [3.8, 4) is 6.07 Å². The van der Waals surface area contributed by atoms with Crippen LogP contribution in [0.3, 0.4) is 0 Å². The minimum atomic E-state index is -0.901. The van der Waals surface area contributed by atoms with E-state index in [1.54, 1.807) is 0 Å². The molecule has 1 aromatic rings. The van der Waals surface area contributed by atoms with Crippen LogP contribution < -0.4 is 5.32 Å². The summed E-state index contributed by atoms with van der Waals surface area (Å²) in [7, 11) is 0. The lowest BCUT2D eigenvalue weighted by atomic mass is 9.84. The van der Waals surface area contributed by atoms with Gasteiger partial charge < -0.3 is 10.4 Å². The van der Waals surface area contributed by atoms with Crippen LogP contribution in [0.15, 0.2) is 18.2 Å². The number of benzene rings is 1. The van der Waals surface area contributed by atoms with Crippen molar-refractivity contribution in [3.63, 3.8) is 0 Å². The molecule has 1 unspecified atom stereocenters. The molecular weight excluding hydrogens is 259 g/mol. The van der Waals surface area contributed by atoms with Crippen LogP contribution >= 0.6 is 0 Å². The Kier molecular flexibility index (Phi) is 5.09. The predicted octanol–water partition coefficient (Wildman–Crippen LogP) is 3.25. The maximum absolute atomic E-state index is 13.7. The summed E-state index contributed by atoms with van der Waals surface area (Å²) in [6, 6.07) is 5.91. The Balaban J connectivity index is 2.73. The molecule has 0 spiro atoms. The third-order valence-corrected chi connectivity index (χ3v) is 2.85. The SMILES string of the molecule is CC(C)(C)CC(CNc1ccc(C#N)cc1F)C(=O)O. The van der Waals surface area contributed by atoms with E-state index in [0.717, 1.165) is 6.07 Å². The van der Waals surface area contributed by atoms with Crippen LogP contribution in [0.1, 0.15) is 32.8 Å². The van der Waals surface area contributed by atoms with Crippen LogP contribution in [-0.2, 0) is 4.79 Å². The Morgan fingerprint density at radius 3 is 2.60 bits per heavy atom. The summed E-state index contributed by atoms with van der Waals surface area (Å²) in [6.07, 6.45) is 0.493. The van der Waals surface area contributed by atoms with Crippen LogP contribution in [-0.4, -0.2) is 17.6 Å². The Morgan fingerprint density at radius 2 is 2.15 bits per heavy atom. The minimum absolute atomic E-state index is 0.117. The van der Waals surface area contributed by atoms with Crippen LogP contribution in [0.4, 0.5) is 10.1 Å². The fraction of sp³-hybridized carbons (Fsp3) is 0.467. The first kappa shape index (κ1) is 16.0. The zero-order valence-electron chi connectivity index (χ0n) is 11.9. The number of aliphatic carboxylic acids is 1. The standard InChI is InChI=1S/C15H19FN2O2/c1-15(2,3)7-11(14(19)20)9-18-13-5-4-10(8-17)6-12(13)16/h4-6,11,18H,7,9H2,1-3H3,(H,19,20). The second-order valence-electron chi connectivity index (χ2n) is 5.99. The number of nitrogens with one attached hydrogen (secondary N) is 1. The van der Waals surface area contributed by atoms with E-state index < -0.39 is 17.7 Å². The molecule has 2 N–H and O–H groups in total. The molecule has 0 heterocycles. The van der Waals surface area contributed by atoms with Crippen molar-refractivity contribution < 1.29 is 14.3 Å². The molecule has 1 aromatic carbocycles. The van der Waals surface area contributed by atoms with Gasteiger partial charge in [-0.1, -0.05) is 20.8 Å². The molecule has 0 aliphatic carbocycles. The van der Waals surface area contributed by atoms with Crippen molar-refractivity contribution in [2.24, 2.45) is 11.3 Å². The Hall–Kier alpha value is -2.09. The number of carboxylic acids is 1. The molecule has 0 radical (unpaired) electrons. The highest BCUT2D eigenvalue weighted by molar-refractivity contribution is 5.71. The molecule has 0 bridgehead atoms. The van der Waals surface area contributed by atoms with Gasteiger partial charge in [-0.25, -0.2) is 4.39 Å². The third-order valence-electron chi connectivity index (χ3n) is 2.85. The van der Waals surface area contributed by atoms with Crippen LogP contribution in [0.2, 0.25) is 0 Å². The number of rotatable bonds is 5. The summed E-state index contributed by atoms with van der Waals surface area (Å²) >= 11 is 0. The maximum Gasteiger partial charge on any atom is 0.308 e. The van der Waals surface area contributed by atoms with E-state index in [0.29, 0.717) is 6.42 Å². The second-order valence-corrected chi connectivity index (χ2v) is 5.99. The van der Waals surface area contributed by atoms with E-state index in [9.17, 15) is 14.3 Å². The van der Waals surface area contributed by atoms with Gasteiger partial charge in [0.2, 0.25) is 0 Å². The van der Waals surface area contributed by atoms with Crippen LogP contribution in [0.5, 0.6) is 0 Å². The lowest BCUT2D eigenvalue weighted by Gasteiger charge is -2.23. The first-order valence-corrected chi connectivity index (χ1v) is 6.39. The highest BCUT2D eigenvalue weighted by atomic mass is 19.1. The van der Waals surface area contributed by atoms with Gasteiger partial charge in [-0.15, -0.1) is 0 Å². The average Bonchev–Trinajstić information content (AvgIpc) is 2.33. The normalized spacial score (nSPS) is 12.6. The van der Waals surface area contributed by atoms with Crippen molar-refractivity contribution in [2.45, 2.75) is 27.2 Å². The van der Waals surface area contributed by atoms with E-state index in [4.69, 9.17) is 5.26 Å². The minimum Gasteiger partial charge on any atom is -0.481 e. The summed E-state index contributed by atoms with van der Waals surface area (Å²) in [5.74, 6) is -2.05. The molecular formula is C15H19FN2O2. The Morgan fingerprint density at radius 1 is 1.50 bits per heavy atom. The molecule has 0 aliphatic heterocycles. The quantitative estimate of drug-likeness (QED) is 0.867. The van der Waals surface area contributed by atoms with E-state index in [1.807, 2.05) is 26.8 Å². The van der Waals surface area contributed by atoms with Gasteiger partial charge in [0, 0.05) is 6.54 Å². The maximum atomic E-state index is 13.7. The zero-order chi connectivity index (χ0) is 15.3. The first-order valence-electron chi connectivity index (χ1n) is 6.39. The fourth-order valence-corrected chi connectivity index (χ4v) is 1.95. The average molecular weight is 278 g/mol. The number of halogens is 1. The van der Waals surface area contributed by atoms with Gasteiger partial charge in [0.1, 0.15) is 5.82 Å². The van der Waals surface area contributed by atoms with Crippen molar-refractivity contribution in [2.75, 3.05) is 11.9 Å². The molecule has 0 aromatic heterocycles. The summed E-state index contributed by atoms with van der Waals surface area (Å²) in [5, 5.41) is 20.6. The molecule has 0 saturated heterocycles. The summed E-state index contributed by atoms with van der Waals surface area (Å²) in [6.45, 7) is 6.04. The third kappa shape index (κ3) is 4.88.